The van der Waals surface area contributed by atoms with Crippen LogP contribution in [0, 0.1) is 28.6 Å². The Morgan fingerprint density at radius 1 is 1.20 bits per heavy atom. The van der Waals surface area contributed by atoms with Gasteiger partial charge in [0.2, 0.25) is 0 Å². The summed E-state index contributed by atoms with van der Waals surface area (Å²) in [6.07, 6.45) is 14.8. The Bertz CT molecular complexity index is 865. The zero-order chi connectivity index (χ0) is 25.4. The molecule has 0 spiro atoms. The molecule has 0 aliphatic heterocycles. The average molecular weight is 485 g/mol. The van der Waals surface area contributed by atoms with Crippen LogP contribution in [0.25, 0.3) is 0 Å². The molecule has 4 heteroatoms. The number of Topliss-reactive ketones (excluding diaryl/α,β-unsaturated/α-hetero) is 1. The lowest BCUT2D eigenvalue weighted by Gasteiger charge is -2.45. The van der Waals surface area contributed by atoms with Gasteiger partial charge in [-0.2, -0.15) is 0 Å². The maximum atomic E-state index is 12.5. The fourth-order valence-electron chi connectivity index (χ4n) is 7.87. The molecule has 0 heterocycles. The van der Waals surface area contributed by atoms with Gasteiger partial charge in [-0.15, -0.1) is 0 Å². The molecule has 0 radical (unpaired) electrons. The number of fused-ring (bicyclic) bond motifs is 1. The third kappa shape index (κ3) is 5.40. The summed E-state index contributed by atoms with van der Waals surface area (Å²) in [5.74, 6) is 1.68. The monoisotopic (exact) mass is 484 g/mol. The molecule has 0 bridgehead atoms. The zero-order valence-corrected chi connectivity index (χ0v) is 22.3. The molecule has 4 fully saturated rings. The molecule has 0 aromatic heterocycles. The first-order valence-corrected chi connectivity index (χ1v) is 14.3. The van der Waals surface area contributed by atoms with Crippen molar-refractivity contribution >= 4 is 5.78 Å². The number of carbonyl (C=O) groups is 1. The molecule has 0 aromatic rings. The van der Waals surface area contributed by atoms with E-state index >= 15 is 0 Å². The molecule has 196 valence electrons. The van der Waals surface area contributed by atoms with Crippen LogP contribution in [0.15, 0.2) is 35.5 Å². The molecule has 4 aliphatic rings. The van der Waals surface area contributed by atoms with Crippen LogP contribution in [-0.2, 0) is 4.79 Å². The molecular weight excluding hydrogens is 436 g/mol. The summed E-state index contributed by atoms with van der Waals surface area (Å²) in [7, 11) is 0. The fraction of sp³-hybridized carbons (Fsp3) is 0.774. The molecule has 0 amide bonds. The van der Waals surface area contributed by atoms with Crippen molar-refractivity contribution in [1.29, 1.82) is 0 Å². The summed E-state index contributed by atoms with van der Waals surface area (Å²) in [4.78, 5) is 12.5. The van der Waals surface area contributed by atoms with Gasteiger partial charge in [-0.1, -0.05) is 45.1 Å². The molecule has 4 rings (SSSR count). The number of aliphatic hydroxyl groups is 3. The Labute approximate surface area is 212 Å². The molecule has 4 saturated carbocycles. The minimum atomic E-state index is -0.648. The first kappa shape index (κ1) is 26.8. The lowest BCUT2D eigenvalue weighted by atomic mass is 9.60. The maximum Gasteiger partial charge on any atom is 0.139 e. The van der Waals surface area contributed by atoms with Crippen LogP contribution in [0.3, 0.4) is 0 Å². The van der Waals surface area contributed by atoms with Crippen molar-refractivity contribution in [3.05, 3.63) is 35.5 Å². The number of allylic oxidation sites excluding steroid dienone is 3. The zero-order valence-electron chi connectivity index (χ0n) is 22.3. The van der Waals surface area contributed by atoms with Crippen molar-refractivity contribution in [2.75, 3.05) is 0 Å². The summed E-state index contributed by atoms with van der Waals surface area (Å²) < 4.78 is 0. The van der Waals surface area contributed by atoms with E-state index in [2.05, 4.69) is 39.5 Å². The second-order valence-corrected chi connectivity index (χ2v) is 12.6. The molecule has 0 saturated heterocycles. The van der Waals surface area contributed by atoms with Crippen LogP contribution in [-0.4, -0.2) is 39.4 Å². The van der Waals surface area contributed by atoms with E-state index in [1.54, 1.807) is 0 Å². The Hall–Kier alpha value is -1.23. The van der Waals surface area contributed by atoms with E-state index < -0.39 is 12.2 Å². The molecule has 4 aliphatic carbocycles. The summed E-state index contributed by atoms with van der Waals surface area (Å²) in [6.45, 7) is 10.8. The summed E-state index contributed by atoms with van der Waals surface area (Å²) in [5.41, 5.74) is 3.29. The number of carbonyl (C=O) groups excluding carboxylic acids is 1. The number of hydrogen-bond donors (Lipinski definition) is 3. The fourth-order valence-corrected chi connectivity index (χ4v) is 7.87. The Kier molecular flexibility index (Phi) is 8.15. The SMILES string of the molecule is C=C1/C(=C\C=C2/CCC[C@]3(C)[C@@H]([C@H](C)[C@@H](O)CCC4(C(=O)CCC)CC4)CC[C@@H]23)C[C@@H](O)C[C@@H]1O. The first-order chi connectivity index (χ1) is 16.6. The lowest BCUT2D eigenvalue weighted by Crippen LogP contribution is -2.39. The van der Waals surface area contributed by atoms with Crippen molar-refractivity contribution in [3.63, 3.8) is 0 Å². The maximum absolute atomic E-state index is 12.5. The second kappa shape index (κ2) is 10.6. The summed E-state index contributed by atoms with van der Waals surface area (Å²) in [6, 6.07) is 0. The van der Waals surface area contributed by atoms with Gasteiger partial charge in [0.1, 0.15) is 5.78 Å². The highest BCUT2D eigenvalue weighted by atomic mass is 16.3. The van der Waals surface area contributed by atoms with Gasteiger partial charge in [0.25, 0.3) is 0 Å². The van der Waals surface area contributed by atoms with Crippen molar-refractivity contribution in [2.24, 2.45) is 28.6 Å². The number of hydrogen-bond acceptors (Lipinski definition) is 4. The van der Waals surface area contributed by atoms with E-state index in [0.29, 0.717) is 36.9 Å². The van der Waals surface area contributed by atoms with Crippen LogP contribution >= 0.6 is 0 Å². The second-order valence-electron chi connectivity index (χ2n) is 12.6. The molecule has 35 heavy (non-hydrogen) atoms. The van der Waals surface area contributed by atoms with E-state index in [9.17, 15) is 20.1 Å². The number of rotatable bonds is 9. The van der Waals surface area contributed by atoms with Crippen molar-refractivity contribution in [2.45, 2.75) is 123 Å². The van der Waals surface area contributed by atoms with E-state index in [1.165, 1.54) is 24.8 Å². The highest BCUT2D eigenvalue weighted by Gasteiger charge is 2.52. The lowest BCUT2D eigenvalue weighted by molar-refractivity contribution is -0.124. The van der Waals surface area contributed by atoms with Gasteiger partial charge >= 0.3 is 0 Å². The smallest absolute Gasteiger partial charge is 0.139 e. The van der Waals surface area contributed by atoms with Gasteiger partial charge in [-0.3, -0.25) is 4.79 Å². The van der Waals surface area contributed by atoms with Crippen molar-refractivity contribution < 1.29 is 20.1 Å². The Morgan fingerprint density at radius 2 is 1.94 bits per heavy atom. The standard InChI is InChI=1S/C31H48O4/c1-5-7-29(35)31(16-17-31)15-13-27(33)21(3)25-11-12-26-22(8-6-14-30(25,26)4)9-10-23-18-24(32)19-28(34)20(23)2/h9-10,21,24-28,32-34H,2,5-8,11-19H2,1,3-4H3/b22-9+,23-10-/t21-,24+,25+,26-,27-,28-,30+/m0/s1. The van der Waals surface area contributed by atoms with Gasteiger partial charge in [0.05, 0.1) is 18.3 Å². The topological polar surface area (TPSA) is 77.8 Å². The van der Waals surface area contributed by atoms with E-state index in [-0.39, 0.29) is 22.9 Å². The van der Waals surface area contributed by atoms with E-state index in [0.717, 1.165) is 56.1 Å². The van der Waals surface area contributed by atoms with Crippen LogP contribution in [0.4, 0.5) is 0 Å². The van der Waals surface area contributed by atoms with E-state index in [1.807, 2.05) is 0 Å². The van der Waals surface area contributed by atoms with Gasteiger partial charge in [-0.25, -0.2) is 0 Å². The number of ketones is 1. The minimum absolute atomic E-state index is 0.114. The Balaban J connectivity index is 1.42. The summed E-state index contributed by atoms with van der Waals surface area (Å²) in [5, 5.41) is 31.5. The van der Waals surface area contributed by atoms with Crippen LogP contribution in [0.2, 0.25) is 0 Å². The van der Waals surface area contributed by atoms with Crippen LogP contribution in [0.5, 0.6) is 0 Å². The molecule has 3 N–H and O–H groups in total. The molecule has 7 atom stereocenters. The van der Waals surface area contributed by atoms with Crippen molar-refractivity contribution in [1.82, 2.24) is 0 Å². The third-order valence-electron chi connectivity index (χ3n) is 10.4. The minimum Gasteiger partial charge on any atom is -0.393 e. The predicted octanol–water partition coefficient (Wildman–Crippen LogP) is 6.05. The van der Waals surface area contributed by atoms with Gasteiger partial charge in [0.15, 0.2) is 0 Å². The molecular formula is C31H48O4. The van der Waals surface area contributed by atoms with Gasteiger partial charge < -0.3 is 15.3 Å². The van der Waals surface area contributed by atoms with Gasteiger partial charge in [0, 0.05) is 18.3 Å². The van der Waals surface area contributed by atoms with Crippen molar-refractivity contribution in [3.8, 4) is 0 Å². The number of aliphatic hydroxyl groups excluding tert-OH is 3. The third-order valence-corrected chi connectivity index (χ3v) is 10.4. The Morgan fingerprint density at radius 3 is 2.63 bits per heavy atom. The highest BCUT2D eigenvalue weighted by Crippen LogP contribution is 2.60. The molecule has 0 aromatic carbocycles. The quantitative estimate of drug-likeness (QED) is 0.372. The largest absolute Gasteiger partial charge is 0.393 e. The molecule has 4 nitrogen and oxygen atoms in total. The highest BCUT2D eigenvalue weighted by molar-refractivity contribution is 5.87. The first-order valence-electron chi connectivity index (χ1n) is 14.3. The normalized spacial score (nSPS) is 38.4. The van der Waals surface area contributed by atoms with Crippen LogP contribution in [0.1, 0.15) is 104 Å². The average Bonchev–Trinajstić information content (AvgIpc) is 3.53. The van der Waals surface area contributed by atoms with E-state index in [4.69, 9.17) is 0 Å². The molecule has 0 unspecified atom stereocenters. The van der Waals surface area contributed by atoms with Gasteiger partial charge in [-0.05, 0) is 105 Å². The van der Waals surface area contributed by atoms with Crippen LogP contribution < -0.4 is 0 Å². The summed E-state index contributed by atoms with van der Waals surface area (Å²) >= 11 is 0. The predicted molar refractivity (Wildman–Crippen MR) is 141 cm³/mol.